The van der Waals surface area contributed by atoms with Crippen LogP contribution in [0.15, 0.2) is 12.4 Å². The summed E-state index contributed by atoms with van der Waals surface area (Å²) >= 11 is 0. The molecule has 0 spiro atoms. The van der Waals surface area contributed by atoms with Crippen molar-refractivity contribution < 1.29 is 4.79 Å². The Labute approximate surface area is 94.7 Å². The number of nitrogens with one attached hydrogen (secondary N) is 2. The van der Waals surface area contributed by atoms with Crippen LogP contribution in [0.3, 0.4) is 0 Å². The number of aromatic nitrogens is 2. The minimum atomic E-state index is 0.104. The first-order chi connectivity index (χ1) is 7.75. The highest BCUT2D eigenvalue weighted by molar-refractivity contribution is 5.79. The molecule has 2 N–H and O–H groups in total. The van der Waals surface area contributed by atoms with Gasteiger partial charge in [0.15, 0.2) is 0 Å². The second-order valence-corrected chi connectivity index (χ2v) is 4.06. The molecule has 5 nitrogen and oxygen atoms in total. The molecule has 16 heavy (non-hydrogen) atoms. The fourth-order valence-electron chi connectivity index (χ4n) is 1.71. The molecule has 1 atom stereocenters. The number of aryl methyl sites for hydroxylation is 1. The molecular formula is C11H16N4O. The SMILES string of the molecule is Cc1cnc(CNC(=O)C2CCNC2)cn1. The summed E-state index contributed by atoms with van der Waals surface area (Å²) in [4.78, 5) is 20.0. The Hall–Kier alpha value is -1.49. The van der Waals surface area contributed by atoms with Gasteiger partial charge in [0, 0.05) is 12.7 Å². The zero-order valence-electron chi connectivity index (χ0n) is 9.36. The largest absolute Gasteiger partial charge is 0.350 e. The maximum Gasteiger partial charge on any atom is 0.224 e. The third-order valence-electron chi connectivity index (χ3n) is 2.71. The lowest BCUT2D eigenvalue weighted by Gasteiger charge is -2.09. The lowest BCUT2D eigenvalue weighted by atomic mass is 10.1. The molecule has 1 aromatic heterocycles. The molecule has 1 fully saturated rings. The fraction of sp³-hybridized carbons (Fsp3) is 0.545. The van der Waals surface area contributed by atoms with Crippen LogP contribution in [0, 0.1) is 12.8 Å². The average Bonchev–Trinajstić information content (AvgIpc) is 2.81. The maximum atomic E-state index is 11.7. The van der Waals surface area contributed by atoms with Crippen molar-refractivity contribution in [1.82, 2.24) is 20.6 Å². The standard InChI is InChI=1S/C11H16N4O/c1-8-4-14-10(6-13-8)7-15-11(16)9-2-3-12-5-9/h4,6,9,12H,2-3,5,7H2,1H3,(H,15,16). The first kappa shape index (κ1) is 11.0. The summed E-state index contributed by atoms with van der Waals surface area (Å²) in [5, 5.41) is 6.05. The van der Waals surface area contributed by atoms with E-state index in [9.17, 15) is 4.79 Å². The van der Waals surface area contributed by atoms with E-state index in [1.165, 1.54) is 0 Å². The highest BCUT2D eigenvalue weighted by Gasteiger charge is 2.21. The van der Waals surface area contributed by atoms with Gasteiger partial charge < -0.3 is 10.6 Å². The van der Waals surface area contributed by atoms with Gasteiger partial charge in [-0.3, -0.25) is 14.8 Å². The summed E-state index contributed by atoms with van der Waals surface area (Å²) < 4.78 is 0. The smallest absolute Gasteiger partial charge is 0.224 e. The van der Waals surface area contributed by atoms with Gasteiger partial charge in [0.05, 0.1) is 30.0 Å². The van der Waals surface area contributed by atoms with Gasteiger partial charge in [0.25, 0.3) is 0 Å². The highest BCUT2D eigenvalue weighted by atomic mass is 16.1. The zero-order chi connectivity index (χ0) is 11.4. The number of amides is 1. The third kappa shape index (κ3) is 2.76. The van der Waals surface area contributed by atoms with Gasteiger partial charge in [-0.2, -0.15) is 0 Å². The van der Waals surface area contributed by atoms with Crippen LogP contribution in [0.1, 0.15) is 17.8 Å². The van der Waals surface area contributed by atoms with Gasteiger partial charge >= 0.3 is 0 Å². The summed E-state index contributed by atoms with van der Waals surface area (Å²) in [5.41, 5.74) is 1.68. The summed E-state index contributed by atoms with van der Waals surface area (Å²) in [6.07, 6.45) is 4.33. The molecule has 1 aliphatic rings. The summed E-state index contributed by atoms with van der Waals surface area (Å²) in [7, 11) is 0. The molecule has 86 valence electrons. The number of hydrogen-bond acceptors (Lipinski definition) is 4. The Morgan fingerprint density at radius 1 is 1.56 bits per heavy atom. The highest BCUT2D eigenvalue weighted by Crippen LogP contribution is 2.07. The molecule has 1 aliphatic heterocycles. The number of carbonyl (C=O) groups excluding carboxylic acids is 1. The summed E-state index contributed by atoms with van der Waals surface area (Å²) in [6.45, 7) is 4.07. The van der Waals surface area contributed by atoms with Crippen LogP contribution in [-0.4, -0.2) is 29.0 Å². The molecule has 5 heteroatoms. The van der Waals surface area contributed by atoms with Crippen LogP contribution in [0.4, 0.5) is 0 Å². The molecule has 1 amide bonds. The minimum Gasteiger partial charge on any atom is -0.350 e. The van der Waals surface area contributed by atoms with Crippen LogP contribution in [-0.2, 0) is 11.3 Å². The second-order valence-electron chi connectivity index (χ2n) is 4.06. The van der Waals surface area contributed by atoms with E-state index < -0.39 is 0 Å². The number of carbonyl (C=O) groups is 1. The fourth-order valence-corrected chi connectivity index (χ4v) is 1.71. The molecular weight excluding hydrogens is 204 g/mol. The minimum absolute atomic E-state index is 0.104. The van der Waals surface area contributed by atoms with Crippen LogP contribution in [0.25, 0.3) is 0 Å². The van der Waals surface area contributed by atoms with Crippen LogP contribution < -0.4 is 10.6 Å². The summed E-state index contributed by atoms with van der Waals surface area (Å²) in [6, 6.07) is 0. The van der Waals surface area contributed by atoms with Crippen molar-refractivity contribution in [3.05, 3.63) is 23.8 Å². The number of hydrogen-bond donors (Lipinski definition) is 2. The number of nitrogens with zero attached hydrogens (tertiary/aromatic N) is 2. The Bertz CT molecular complexity index is 357. The first-order valence-corrected chi connectivity index (χ1v) is 5.51. The van der Waals surface area contributed by atoms with Crippen molar-refractivity contribution in [2.75, 3.05) is 13.1 Å². The van der Waals surface area contributed by atoms with E-state index in [0.29, 0.717) is 6.54 Å². The third-order valence-corrected chi connectivity index (χ3v) is 2.71. The normalized spacial score (nSPS) is 19.7. The second kappa shape index (κ2) is 5.03. The first-order valence-electron chi connectivity index (χ1n) is 5.51. The van der Waals surface area contributed by atoms with Gasteiger partial charge in [0.2, 0.25) is 5.91 Å². The molecule has 2 rings (SSSR count). The van der Waals surface area contributed by atoms with Crippen molar-refractivity contribution in [1.29, 1.82) is 0 Å². The van der Waals surface area contributed by atoms with E-state index in [1.54, 1.807) is 12.4 Å². The van der Waals surface area contributed by atoms with E-state index in [0.717, 1.165) is 30.9 Å². The maximum absolute atomic E-state index is 11.7. The predicted octanol–water partition coefficient (Wildman–Crippen LogP) is 0.0107. The van der Waals surface area contributed by atoms with Crippen LogP contribution in [0.5, 0.6) is 0 Å². The van der Waals surface area contributed by atoms with Crippen LogP contribution >= 0.6 is 0 Å². The molecule has 1 saturated heterocycles. The van der Waals surface area contributed by atoms with E-state index in [4.69, 9.17) is 0 Å². The topological polar surface area (TPSA) is 66.9 Å². The lowest BCUT2D eigenvalue weighted by molar-refractivity contribution is -0.124. The zero-order valence-corrected chi connectivity index (χ0v) is 9.36. The van der Waals surface area contributed by atoms with Crippen molar-refractivity contribution in [2.45, 2.75) is 19.9 Å². The predicted molar refractivity (Wildman–Crippen MR) is 59.6 cm³/mol. The Morgan fingerprint density at radius 2 is 2.44 bits per heavy atom. The van der Waals surface area contributed by atoms with E-state index in [-0.39, 0.29) is 11.8 Å². The van der Waals surface area contributed by atoms with Crippen molar-refractivity contribution in [3.63, 3.8) is 0 Å². The molecule has 0 aliphatic carbocycles. The Balaban J connectivity index is 1.82. The van der Waals surface area contributed by atoms with Gasteiger partial charge in [0.1, 0.15) is 0 Å². The molecule has 0 aromatic carbocycles. The molecule has 0 radical (unpaired) electrons. The lowest BCUT2D eigenvalue weighted by Crippen LogP contribution is -2.31. The van der Waals surface area contributed by atoms with Gasteiger partial charge in [-0.1, -0.05) is 0 Å². The van der Waals surface area contributed by atoms with E-state index >= 15 is 0 Å². The molecule has 0 bridgehead atoms. The Morgan fingerprint density at radius 3 is 3.06 bits per heavy atom. The average molecular weight is 220 g/mol. The van der Waals surface area contributed by atoms with Gasteiger partial charge in [-0.05, 0) is 19.9 Å². The number of rotatable bonds is 3. The van der Waals surface area contributed by atoms with E-state index in [1.807, 2.05) is 6.92 Å². The monoisotopic (exact) mass is 220 g/mol. The van der Waals surface area contributed by atoms with Crippen molar-refractivity contribution in [2.24, 2.45) is 5.92 Å². The quantitative estimate of drug-likeness (QED) is 0.753. The van der Waals surface area contributed by atoms with E-state index in [2.05, 4.69) is 20.6 Å². The Kier molecular flexibility index (Phi) is 3.46. The van der Waals surface area contributed by atoms with Crippen LogP contribution in [0.2, 0.25) is 0 Å². The molecule has 1 unspecified atom stereocenters. The molecule has 1 aromatic rings. The summed E-state index contributed by atoms with van der Waals surface area (Å²) in [5.74, 6) is 0.214. The van der Waals surface area contributed by atoms with Crippen molar-refractivity contribution in [3.8, 4) is 0 Å². The van der Waals surface area contributed by atoms with Gasteiger partial charge in [-0.25, -0.2) is 0 Å². The molecule has 2 heterocycles. The van der Waals surface area contributed by atoms with Gasteiger partial charge in [-0.15, -0.1) is 0 Å². The molecule has 0 saturated carbocycles. The van der Waals surface area contributed by atoms with Crippen molar-refractivity contribution >= 4 is 5.91 Å².